The topological polar surface area (TPSA) is 49.2 Å². The molecule has 0 saturated heterocycles. The molecule has 0 unspecified atom stereocenters. The maximum atomic E-state index is 9.04. The zero-order chi connectivity index (χ0) is 12.1. The summed E-state index contributed by atoms with van der Waals surface area (Å²) in [5, 5.41) is 9.04. The van der Waals surface area contributed by atoms with Gasteiger partial charge in [0, 0.05) is 25.1 Å². The van der Waals surface area contributed by atoms with Crippen molar-refractivity contribution >= 4 is 5.69 Å². The van der Waals surface area contributed by atoms with Crippen LogP contribution in [0, 0.1) is 0 Å². The molecule has 0 aromatic carbocycles. The lowest BCUT2D eigenvalue weighted by molar-refractivity contribution is 0.277. The van der Waals surface area contributed by atoms with Gasteiger partial charge in [0.15, 0.2) is 0 Å². The van der Waals surface area contributed by atoms with Crippen LogP contribution in [0.2, 0.25) is 0 Å². The van der Waals surface area contributed by atoms with E-state index in [0.717, 1.165) is 17.9 Å². The van der Waals surface area contributed by atoms with Crippen molar-refractivity contribution in [3.8, 4) is 0 Å². The van der Waals surface area contributed by atoms with E-state index in [1.165, 1.54) is 0 Å². The number of nitrogens with zero attached hydrogens (tertiary/aromatic N) is 3. The van der Waals surface area contributed by atoms with E-state index in [-0.39, 0.29) is 6.61 Å². The summed E-state index contributed by atoms with van der Waals surface area (Å²) in [6.07, 6.45) is 3.49. The first kappa shape index (κ1) is 11.5. The molecule has 2 aromatic rings. The van der Waals surface area contributed by atoms with Crippen molar-refractivity contribution in [3.05, 3.63) is 54.1 Å². The van der Waals surface area contributed by atoms with Gasteiger partial charge in [-0.1, -0.05) is 6.07 Å². The summed E-state index contributed by atoms with van der Waals surface area (Å²) in [6.45, 7) is 0.695. The second-order valence-corrected chi connectivity index (χ2v) is 3.84. The van der Waals surface area contributed by atoms with Crippen LogP contribution in [0.15, 0.2) is 42.7 Å². The zero-order valence-corrected chi connectivity index (χ0v) is 9.74. The van der Waals surface area contributed by atoms with Gasteiger partial charge in [-0.25, -0.2) is 0 Å². The predicted octanol–water partition coefficient (Wildman–Crippen LogP) is 1.61. The van der Waals surface area contributed by atoms with Gasteiger partial charge >= 0.3 is 0 Å². The molecule has 1 N–H and O–H groups in total. The Morgan fingerprint density at radius 2 is 1.94 bits per heavy atom. The second-order valence-electron chi connectivity index (χ2n) is 3.84. The third kappa shape index (κ3) is 3.01. The van der Waals surface area contributed by atoms with E-state index in [0.29, 0.717) is 5.69 Å². The van der Waals surface area contributed by atoms with Gasteiger partial charge in [0.25, 0.3) is 0 Å². The molecule has 2 aromatic heterocycles. The number of pyridine rings is 2. The number of hydrogen-bond acceptors (Lipinski definition) is 4. The van der Waals surface area contributed by atoms with E-state index in [1.54, 1.807) is 12.4 Å². The molecule has 0 amide bonds. The summed E-state index contributed by atoms with van der Waals surface area (Å²) < 4.78 is 0. The average molecular weight is 229 g/mol. The third-order valence-corrected chi connectivity index (χ3v) is 2.53. The summed E-state index contributed by atoms with van der Waals surface area (Å²) in [4.78, 5) is 10.4. The molecule has 0 aliphatic rings. The van der Waals surface area contributed by atoms with E-state index in [2.05, 4.69) is 14.9 Å². The highest BCUT2D eigenvalue weighted by molar-refractivity contribution is 5.45. The van der Waals surface area contributed by atoms with Crippen LogP contribution in [0.3, 0.4) is 0 Å². The SMILES string of the molecule is CN(Cc1ccccn1)c1ccnc(CO)c1. The second kappa shape index (κ2) is 5.41. The number of aliphatic hydroxyl groups excluding tert-OH is 1. The number of rotatable bonds is 4. The van der Waals surface area contributed by atoms with Gasteiger partial charge in [-0.3, -0.25) is 9.97 Å². The lowest BCUT2D eigenvalue weighted by atomic mass is 10.2. The number of hydrogen-bond donors (Lipinski definition) is 1. The van der Waals surface area contributed by atoms with E-state index >= 15 is 0 Å². The molecule has 4 heteroatoms. The van der Waals surface area contributed by atoms with Crippen LogP contribution in [-0.2, 0) is 13.2 Å². The highest BCUT2D eigenvalue weighted by Crippen LogP contribution is 2.14. The van der Waals surface area contributed by atoms with Gasteiger partial charge in [-0.15, -0.1) is 0 Å². The molecule has 2 heterocycles. The van der Waals surface area contributed by atoms with E-state index in [4.69, 9.17) is 5.11 Å². The van der Waals surface area contributed by atoms with Gasteiger partial charge in [-0.2, -0.15) is 0 Å². The van der Waals surface area contributed by atoms with Gasteiger partial charge in [0.05, 0.1) is 24.5 Å². The van der Waals surface area contributed by atoms with Crippen LogP contribution in [0.4, 0.5) is 5.69 Å². The Labute approximate surface area is 101 Å². The maximum absolute atomic E-state index is 9.04. The highest BCUT2D eigenvalue weighted by atomic mass is 16.3. The Morgan fingerprint density at radius 1 is 1.12 bits per heavy atom. The molecule has 0 spiro atoms. The van der Waals surface area contributed by atoms with Crippen LogP contribution in [0.5, 0.6) is 0 Å². The number of aliphatic hydroxyl groups is 1. The van der Waals surface area contributed by atoms with Crippen LogP contribution >= 0.6 is 0 Å². The summed E-state index contributed by atoms with van der Waals surface area (Å²) in [7, 11) is 1.99. The summed E-state index contributed by atoms with van der Waals surface area (Å²) >= 11 is 0. The molecule has 0 bridgehead atoms. The Balaban J connectivity index is 2.11. The van der Waals surface area contributed by atoms with Gasteiger partial charge in [0.1, 0.15) is 0 Å². The lowest BCUT2D eigenvalue weighted by Crippen LogP contribution is -2.17. The fraction of sp³-hybridized carbons (Fsp3) is 0.231. The summed E-state index contributed by atoms with van der Waals surface area (Å²) in [6, 6.07) is 9.66. The molecular formula is C13H15N3O. The van der Waals surface area contributed by atoms with Crippen LogP contribution in [0.1, 0.15) is 11.4 Å². The van der Waals surface area contributed by atoms with E-state index in [1.807, 2.05) is 37.4 Å². The van der Waals surface area contributed by atoms with Gasteiger partial charge < -0.3 is 10.0 Å². The first-order valence-electron chi connectivity index (χ1n) is 5.46. The Hall–Kier alpha value is -1.94. The van der Waals surface area contributed by atoms with Crippen molar-refractivity contribution in [2.75, 3.05) is 11.9 Å². The first-order chi connectivity index (χ1) is 8.29. The van der Waals surface area contributed by atoms with Crippen molar-refractivity contribution in [1.29, 1.82) is 0 Å². The third-order valence-electron chi connectivity index (χ3n) is 2.53. The van der Waals surface area contributed by atoms with Crippen LogP contribution < -0.4 is 4.90 Å². The molecule has 17 heavy (non-hydrogen) atoms. The standard InChI is InChI=1S/C13H15N3O/c1-16(9-11-4-2-3-6-14-11)13-5-7-15-12(8-13)10-17/h2-8,17H,9-10H2,1H3. The molecule has 4 nitrogen and oxygen atoms in total. The minimum absolute atomic E-state index is 0.0364. The van der Waals surface area contributed by atoms with Crippen molar-refractivity contribution in [2.24, 2.45) is 0 Å². The van der Waals surface area contributed by atoms with Crippen molar-refractivity contribution in [2.45, 2.75) is 13.2 Å². The fourth-order valence-corrected chi connectivity index (χ4v) is 1.62. The average Bonchev–Trinajstić information content (AvgIpc) is 2.40. The predicted molar refractivity (Wildman–Crippen MR) is 66.5 cm³/mol. The monoisotopic (exact) mass is 229 g/mol. The molecule has 0 radical (unpaired) electrons. The lowest BCUT2D eigenvalue weighted by Gasteiger charge is -2.19. The Bertz CT molecular complexity index is 473. The molecule has 0 atom stereocenters. The van der Waals surface area contributed by atoms with Gasteiger partial charge in [-0.05, 0) is 24.3 Å². The first-order valence-corrected chi connectivity index (χ1v) is 5.46. The minimum Gasteiger partial charge on any atom is -0.390 e. The van der Waals surface area contributed by atoms with E-state index < -0.39 is 0 Å². The van der Waals surface area contributed by atoms with Crippen LogP contribution in [0.25, 0.3) is 0 Å². The molecule has 0 fully saturated rings. The smallest absolute Gasteiger partial charge is 0.0853 e. The molecule has 0 aliphatic heterocycles. The highest BCUT2D eigenvalue weighted by Gasteiger charge is 2.03. The number of anilines is 1. The Morgan fingerprint density at radius 3 is 2.65 bits per heavy atom. The molecule has 2 rings (SSSR count). The largest absolute Gasteiger partial charge is 0.390 e. The zero-order valence-electron chi connectivity index (χ0n) is 9.74. The maximum Gasteiger partial charge on any atom is 0.0853 e. The number of aromatic nitrogens is 2. The molecular weight excluding hydrogens is 214 g/mol. The normalized spacial score (nSPS) is 10.2. The van der Waals surface area contributed by atoms with Crippen LogP contribution in [-0.4, -0.2) is 22.1 Å². The van der Waals surface area contributed by atoms with E-state index in [9.17, 15) is 0 Å². The minimum atomic E-state index is -0.0364. The fourth-order valence-electron chi connectivity index (χ4n) is 1.62. The molecule has 0 aliphatic carbocycles. The summed E-state index contributed by atoms with van der Waals surface area (Å²) in [5.41, 5.74) is 2.71. The Kier molecular flexibility index (Phi) is 3.67. The van der Waals surface area contributed by atoms with Crippen molar-refractivity contribution in [1.82, 2.24) is 9.97 Å². The molecule has 0 saturated carbocycles. The van der Waals surface area contributed by atoms with Gasteiger partial charge in [0.2, 0.25) is 0 Å². The van der Waals surface area contributed by atoms with Crippen molar-refractivity contribution < 1.29 is 5.11 Å². The summed E-state index contributed by atoms with van der Waals surface area (Å²) in [5.74, 6) is 0. The van der Waals surface area contributed by atoms with Crippen molar-refractivity contribution in [3.63, 3.8) is 0 Å². The quantitative estimate of drug-likeness (QED) is 0.865. The molecule has 88 valence electrons.